The number of fused-ring (bicyclic) bond motifs is 1. The van der Waals surface area contributed by atoms with Crippen molar-refractivity contribution in [3.63, 3.8) is 0 Å². The summed E-state index contributed by atoms with van der Waals surface area (Å²) in [5, 5.41) is 18.8. The van der Waals surface area contributed by atoms with E-state index in [0.717, 1.165) is 16.5 Å². The molecule has 0 saturated carbocycles. The Bertz CT molecular complexity index is 1510. The van der Waals surface area contributed by atoms with Crippen LogP contribution in [0.15, 0.2) is 55.5 Å². The van der Waals surface area contributed by atoms with Crippen LogP contribution in [0.25, 0.3) is 10.9 Å². The van der Waals surface area contributed by atoms with Crippen LogP contribution in [0.2, 0.25) is 0 Å². The van der Waals surface area contributed by atoms with Crippen molar-refractivity contribution < 1.29 is 24.3 Å². The van der Waals surface area contributed by atoms with Gasteiger partial charge in [-0.25, -0.2) is 14.8 Å². The van der Waals surface area contributed by atoms with Gasteiger partial charge in [0, 0.05) is 60.1 Å². The Morgan fingerprint density at radius 3 is 2.14 bits per heavy atom. The number of aromatic nitrogens is 5. The summed E-state index contributed by atoms with van der Waals surface area (Å²) in [5.41, 5.74) is 8.91. The molecular formula is C28H35N9O5S. The van der Waals surface area contributed by atoms with Crippen molar-refractivity contribution >= 4 is 46.4 Å². The van der Waals surface area contributed by atoms with Crippen LogP contribution < -0.4 is 21.7 Å². The van der Waals surface area contributed by atoms with Crippen molar-refractivity contribution in [2.75, 3.05) is 12.0 Å². The highest BCUT2D eigenvalue weighted by atomic mass is 32.2. The van der Waals surface area contributed by atoms with Gasteiger partial charge in [0.05, 0.1) is 18.7 Å². The monoisotopic (exact) mass is 609 g/mol. The SMILES string of the molecule is CSCCC(NC(=O)C(Cc1cnc[nH]1)NC(=O)C(N)Cc1cnc[nH]1)C(=O)NC(Cc1c[nH]c2ccccc12)C(=O)O. The molecule has 4 aromatic rings. The van der Waals surface area contributed by atoms with Gasteiger partial charge in [0.25, 0.3) is 0 Å². The average molecular weight is 610 g/mol. The Balaban J connectivity index is 1.46. The van der Waals surface area contributed by atoms with Crippen LogP contribution in [0.1, 0.15) is 23.4 Å². The van der Waals surface area contributed by atoms with Gasteiger partial charge in [-0.1, -0.05) is 18.2 Å². The molecule has 0 bridgehead atoms. The van der Waals surface area contributed by atoms with Gasteiger partial charge < -0.3 is 41.7 Å². The number of carboxylic acid groups (broad SMARTS) is 1. The molecule has 9 N–H and O–H groups in total. The molecule has 0 aliphatic carbocycles. The number of thioether (sulfide) groups is 1. The lowest BCUT2D eigenvalue weighted by atomic mass is 10.0. The van der Waals surface area contributed by atoms with Crippen molar-refractivity contribution in [2.24, 2.45) is 5.73 Å². The largest absolute Gasteiger partial charge is 0.480 e. The topological polar surface area (TPSA) is 224 Å². The van der Waals surface area contributed by atoms with E-state index in [1.165, 1.54) is 30.6 Å². The normalized spacial score (nSPS) is 14.0. The van der Waals surface area contributed by atoms with Crippen LogP contribution in [0.4, 0.5) is 0 Å². The molecule has 3 aromatic heterocycles. The number of hydrogen-bond acceptors (Lipinski definition) is 8. The van der Waals surface area contributed by atoms with E-state index in [0.29, 0.717) is 17.1 Å². The minimum Gasteiger partial charge on any atom is -0.480 e. The van der Waals surface area contributed by atoms with Crippen LogP contribution in [0.3, 0.4) is 0 Å². The molecule has 0 saturated heterocycles. The van der Waals surface area contributed by atoms with Crippen LogP contribution in [-0.2, 0) is 38.4 Å². The summed E-state index contributed by atoms with van der Waals surface area (Å²) < 4.78 is 0. The maximum Gasteiger partial charge on any atom is 0.326 e. The number of nitrogens with two attached hydrogens (primary N) is 1. The van der Waals surface area contributed by atoms with Crippen molar-refractivity contribution in [3.05, 3.63) is 72.5 Å². The first-order valence-corrected chi connectivity index (χ1v) is 15.0. The summed E-state index contributed by atoms with van der Waals surface area (Å²) in [6, 6.07) is 3.13. The fourth-order valence-corrected chi connectivity index (χ4v) is 5.07. The van der Waals surface area contributed by atoms with Crippen LogP contribution in [0, 0.1) is 0 Å². The number of rotatable bonds is 16. The number of amides is 3. The van der Waals surface area contributed by atoms with Gasteiger partial charge in [-0.3, -0.25) is 14.4 Å². The highest BCUT2D eigenvalue weighted by Crippen LogP contribution is 2.19. The van der Waals surface area contributed by atoms with Gasteiger partial charge in [-0.2, -0.15) is 11.8 Å². The zero-order valence-electron chi connectivity index (χ0n) is 23.5. The molecule has 3 heterocycles. The van der Waals surface area contributed by atoms with Gasteiger partial charge in [0.1, 0.15) is 18.1 Å². The number of H-pyrrole nitrogens is 3. The van der Waals surface area contributed by atoms with E-state index < -0.39 is 47.9 Å². The van der Waals surface area contributed by atoms with E-state index in [-0.39, 0.29) is 25.7 Å². The zero-order chi connectivity index (χ0) is 30.8. The smallest absolute Gasteiger partial charge is 0.326 e. The molecule has 1 aromatic carbocycles. The van der Waals surface area contributed by atoms with E-state index in [2.05, 4.69) is 40.9 Å². The molecule has 0 aliphatic heterocycles. The standard InChI is InChI=1S/C28H35N9O5S/c1-43-7-6-22(26(39)37-24(28(41)42)8-16-11-32-21-5-3-2-4-19(16)21)35-27(40)23(10-18-13-31-15-34-18)36-25(38)20(29)9-17-12-30-14-33-17/h2-5,11-15,20,22-24,32H,6-10,29H2,1H3,(H,30,33)(H,31,34)(H,35,40)(H,36,38)(H,37,39)(H,41,42). The first-order valence-electron chi connectivity index (χ1n) is 13.6. The first-order chi connectivity index (χ1) is 20.7. The molecule has 0 aliphatic rings. The van der Waals surface area contributed by atoms with E-state index in [4.69, 9.17) is 5.73 Å². The molecule has 0 spiro atoms. The molecule has 4 atom stereocenters. The molecule has 4 rings (SSSR count). The second-order valence-electron chi connectivity index (χ2n) is 10.0. The number of carboxylic acids is 1. The van der Waals surface area contributed by atoms with Crippen LogP contribution in [-0.4, -0.2) is 89.9 Å². The summed E-state index contributed by atoms with van der Waals surface area (Å²) >= 11 is 1.47. The predicted molar refractivity (Wildman–Crippen MR) is 161 cm³/mol. The number of carbonyl (C=O) groups is 4. The molecule has 14 nitrogen and oxygen atoms in total. The summed E-state index contributed by atoms with van der Waals surface area (Å²) in [6.45, 7) is 0. The number of aliphatic carboxylic acids is 1. The summed E-state index contributed by atoms with van der Waals surface area (Å²) in [6.07, 6.45) is 10.1. The molecule has 228 valence electrons. The number of aromatic amines is 3. The Morgan fingerprint density at radius 1 is 0.860 bits per heavy atom. The number of hydrogen-bond donors (Lipinski definition) is 8. The fourth-order valence-electron chi connectivity index (χ4n) is 4.60. The molecule has 0 radical (unpaired) electrons. The molecule has 4 unspecified atom stereocenters. The number of imidazole rings is 2. The third-order valence-corrected chi connectivity index (χ3v) is 7.54. The van der Waals surface area contributed by atoms with Crippen molar-refractivity contribution in [2.45, 2.75) is 49.9 Å². The number of carbonyl (C=O) groups excluding carboxylic acids is 3. The highest BCUT2D eigenvalue weighted by Gasteiger charge is 2.31. The van der Waals surface area contributed by atoms with Crippen molar-refractivity contribution in [3.8, 4) is 0 Å². The predicted octanol–water partition coefficient (Wildman–Crippen LogP) is 0.261. The fraction of sp³-hybridized carbons (Fsp3) is 0.357. The van der Waals surface area contributed by atoms with Gasteiger partial charge in [-0.05, 0) is 30.1 Å². The lowest BCUT2D eigenvalue weighted by Crippen LogP contribution is -2.58. The molecule has 15 heteroatoms. The highest BCUT2D eigenvalue weighted by molar-refractivity contribution is 7.98. The lowest BCUT2D eigenvalue weighted by molar-refractivity contribution is -0.142. The van der Waals surface area contributed by atoms with Gasteiger partial charge in [0.2, 0.25) is 17.7 Å². The van der Waals surface area contributed by atoms with Crippen LogP contribution in [0.5, 0.6) is 0 Å². The minimum absolute atomic E-state index is 0.0427. The molecular weight excluding hydrogens is 574 g/mol. The van der Waals surface area contributed by atoms with Gasteiger partial charge in [-0.15, -0.1) is 0 Å². The Kier molecular flexibility index (Phi) is 10.9. The number of benzene rings is 1. The van der Waals surface area contributed by atoms with Crippen molar-refractivity contribution in [1.29, 1.82) is 0 Å². The Hall–Kier alpha value is -4.63. The van der Waals surface area contributed by atoms with E-state index in [1.54, 1.807) is 12.4 Å². The minimum atomic E-state index is -1.23. The maximum atomic E-state index is 13.5. The second-order valence-corrected chi connectivity index (χ2v) is 11.0. The number of para-hydroxylation sites is 1. The third-order valence-electron chi connectivity index (χ3n) is 6.90. The number of nitrogens with zero attached hydrogens (tertiary/aromatic N) is 2. The van der Waals surface area contributed by atoms with E-state index in [1.807, 2.05) is 30.5 Å². The van der Waals surface area contributed by atoms with E-state index in [9.17, 15) is 24.3 Å². The summed E-state index contributed by atoms with van der Waals surface area (Å²) in [4.78, 5) is 68.8. The Labute approximate surface area is 251 Å². The quantitative estimate of drug-likeness (QED) is 0.0871. The first kappa shape index (κ1) is 31.3. The van der Waals surface area contributed by atoms with E-state index >= 15 is 0 Å². The van der Waals surface area contributed by atoms with Gasteiger partial charge >= 0.3 is 5.97 Å². The molecule has 43 heavy (non-hydrogen) atoms. The summed E-state index contributed by atoms with van der Waals surface area (Å²) in [7, 11) is 0. The van der Waals surface area contributed by atoms with Gasteiger partial charge in [0.15, 0.2) is 0 Å². The second kappa shape index (κ2) is 15.0. The third kappa shape index (κ3) is 8.68. The maximum absolute atomic E-state index is 13.5. The lowest BCUT2D eigenvalue weighted by Gasteiger charge is -2.25. The number of nitrogens with one attached hydrogen (secondary N) is 6. The molecule has 3 amide bonds. The summed E-state index contributed by atoms with van der Waals surface area (Å²) in [5.74, 6) is -2.52. The van der Waals surface area contributed by atoms with Crippen molar-refractivity contribution in [1.82, 2.24) is 40.9 Å². The average Bonchev–Trinajstić information content (AvgIpc) is 3.77. The molecule has 0 fully saturated rings. The van der Waals surface area contributed by atoms with Crippen LogP contribution >= 0.6 is 11.8 Å². The zero-order valence-corrected chi connectivity index (χ0v) is 24.3. The Morgan fingerprint density at radius 2 is 1.49 bits per heavy atom.